The van der Waals surface area contributed by atoms with Crippen LogP contribution in [0.3, 0.4) is 0 Å². The molecule has 1 aromatic carbocycles. The summed E-state index contributed by atoms with van der Waals surface area (Å²) in [6.07, 6.45) is 1.28. The van der Waals surface area contributed by atoms with Crippen LogP contribution in [-0.2, 0) is 23.9 Å². The highest BCUT2D eigenvalue weighted by atomic mass is 16.5. The Labute approximate surface area is 133 Å². The van der Waals surface area contributed by atoms with Crippen LogP contribution in [0.15, 0.2) is 35.9 Å². The molecule has 0 fully saturated rings. The number of phenols is 1. The van der Waals surface area contributed by atoms with Gasteiger partial charge in [-0.15, -0.1) is 0 Å². The minimum absolute atomic E-state index is 0.0191. The molecule has 1 aliphatic carbocycles. The average Bonchev–Trinajstić information content (AvgIpc) is 2.52. The van der Waals surface area contributed by atoms with Crippen LogP contribution < -0.4 is 0 Å². The van der Waals surface area contributed by atoms with E-state index >= 15 is 0 Å². The molecule has 0 amide bonds. The van der Waals surface area contributed by atoms with Crippen LogP contribution in [0.25, 0.3) is 0 Å². The molecule has 122 valence electrons. The standard InChI is InChI=1S/C17H18O6/c1-9-7-12(19)15(17(21)23-3)14(13(9)16(20)22-2)10-5-4-6-11(18)8-10/h4-8,13-15,18H,1-3H3. The summed E-state index contributed by atoms with van der Waals surface area (Å²) in [5.41, 5.74) is 1.01. The van der Waals surface area contributed by atoms with Crippen LogP contribution in [0.1, 0.15) is 18.4 Å². The van der Waals surface area contributed by atoms with Crippen molar-refractivity contribution in [2.75, 3.05) is 14.2 Å². The summed E-state index contributed by atoms with van der Waals surface area (Å²) in [6, 6.07) is 6.15. The molecule has 1 aromatic rings. The third-order valence-corrected chi connectivity index (χ3v) is 4.05. The average molecular weight is 318 g/mol. The molecule has 0 aliphatic heterocycles. The first-order valence-corrected chi connectivity index (χ1v) is 7.07. The van der Waals surface area contributed by atoms with Gasteiger partial charge in [0.25, 0.3) is 0 Å². The molecule has 6 heteroatoms. The maximum atomic E-state index is 12.3. The minimum Gasteiger partial charge on any atom is -0.508 e. The number of hydrogen-bond donors (Lipinski definition) is 1. The van der Waals surface area contributed by atoms with Gasteiger partial charge in [-0.05, 0) is 30.7 Å². The smallest absolute Gasteiger partial charge is 0.317 e. The van der Waals surface area contributed by atoms with Crippen molar-refractivity contribution in [3.8, 4) is 5.75 Å². The maximum Gasteiger partial charge on any atom is 0.317 e. The van der Waals surface area contributed by atoms with Gasteiger partial charge in [0.05, 0.1) is 20.1 Å². The van der Waals surface area contributed by atoms with Gasteiger partial charge in [0.1, 0.15) is 11.7 Å². The fourth-order valence-corrected chi connectivity index (χ4v) is 3.02. The molecule has 0 bridgehead atoms. The highest BCUT2D eigenvalue weighted by Gasteiger charge is 2.47. The first kappa shape index (κ1) is 16.7. The van der Waals surface area contributed by atoms with E-state index in [1.54, 1.807) is 19.1 Å². The summed E-state index contributed by atoms with van der Waals surface area (Å²) < 4.78 is 9.57. The second kappa shape index (κ2) is 6.64. The number of carbonyl (C=O) groups is 3. The fourth-order valence-electron chi connectivity index (χ4n) is 3.02. The molecule has 2 rings (SSSR count). The van der Waals surface area contributed by atoms with Crippen molar-refractivity contribution < 1.29 is 29.0 Å². The summed E-state index contributed by atoms with van der Waals surface area (Å²) in [5, 5.41) is 9.71. The van der Waals surface area contributed by atoms with Gasteiger partial charge in [-0.2, -0.15) is 0 Å². The van der Waals surface area contributed by atoms with Crippen molar-refractivity contribution >= 4 is 17.7 Å². The Kier molecular flexibility index (Phi) is 4.83. The number of benzene rings is 1. The topological polar surface area (TPSA) is 89.9 Å². The second-order valence-corrected chi connectivity index (χ2v) is 5.41. The predicted octanol–water partition coefficient (Wildman–Crippen LogP) is 1.58. The number of esters is 2. The van der Waals surface area contributed by atoms with E-state index in [2.05, 4.69) is 0 Å². The SMILES string of the molecule is COC(=O)C1C(=O)C=C(C)C(C(=O)OC)C1c1cccc(O)c1. The monoisotopic (exact) mass is 318 g/mol. The molecular weight excluding hydrogens is 300 g/mol. The Morgan fingerprint density at radius 2 is 1.70 bits per heavy atom. The molecule has 0 saturated heterocycles. The van der Waals surface area contributed by atoms with Crippen LogP contribution in [0.4, 0.5) is 0 Å². The first-order chi connectivity index (χ1) is 10.9. The molecule has 3 atom stereocenters. The third-order valence-electron chi connectivity index (χ3n) is 4.05. The minimum atomic E-state index is -1.16. The number of phenolic OH excluding ortho intramolecular Hbond substituents is 1. The normalized spacial score (nSPS) is 23.9. The van der Waals surface area contributed by atoms with Crippen molar-refractivity contribution in [2.24, 2.45) is 11.8 Å². The van der Waals surface area contributed by atoms with Gasteiger partial charge in [0, 0.05) is 5.92 Å². The number of aromatic hydroxyl groups is 1. The van der Waals surface area contributed by atoms with Crippen molar-refractivity contribution in [3.05, 3.63) is 41.5 Å². The van der Waals surface area contributed by atoms with Crippen molar-refractivity contribution in [2.45, 2.75) is 12.8 Å². The number of hydrogen-bond acceptors (Lipinski definition) is 6. The Hall–Kier alpha value is -2.63. The van der Waals surface area contributed by atoms with Crippen molar-refractivity contribution in [1.82, 2.24) is 0 Å². The zero-order valence-corrected chi connectivity index (χ0v) is 13.1. The van der Waals surface area contributed by atoms with E-state index < -0.39 is 35.5 Å². The van der Waals surface area contributed by atoms with Gasteiger partial charge in [-0.25, -0.2) is 0 Å². The zero-order chi connectivity index (χ0) is 17.1. The van der Waals surface area contributed by atoms with Crippen LogP contribution >= 0.6 is 0 Å². The number of rotatable bonds is 3. The molecule has 0 radical (unpaired) electrons. The Bertz CT molecular complexity index is 675. The molecule has 0 spiro atoms. The largest absolute Gasteiger partial charge is 0.508 e. The van der Waals surface area contributed by atoms with Gasteiger partial charge in [0.2, 0.25) is 0 Å². The van der Waals surface area contributed by atoms with Gasteiger partial charge < -0.3 is 14.6 Å². The quantitative estimate of drug-likeness (QED) is 0.672. The highest BCUT2D eigenvalue weighted by Crippen LogP contribution is 2.42. The molecule has 6 nitrogen and oxygen atoms in total. The lowest BCUT2D eigenvalue weighted by molar-refractivity contribution is -0.152. The maximum absolute atomic E-state index is 12.3. The van der Waals surface area contributed by atoms with Crippen molar-refractivity contribution in [3.63, 3.8) is 0 Å². The van der Waals surface area contributed by atoms with E-state index in [1.807, 2.05) is 0 Å². The predicted molar refractivity (Wildman–Crippen MR) is 80.6 cm³/mol. The lowest BCUT2D eigenvalue weighted by Crippen LogP contribution is -2.41. The summed E-state index contributed by atoms with van der Waals surface area (Å²) >= 11 is 0. The van der Waals surface area contributed by atoms with E-state index in [-0.39, 0.29) is 5.75 Å². The van der Waals surface area contributed by atoms with Gasteiger partial charge in [-0.1, -0.05) is 17.7 Å². The summed E-state index contributed by atoms with van der Waals surface area (Å²) in [5.74, 6) is -4.47. The van der Waals surface area contributed by atoms with E-state index in [9.17, 15) is 19.5 Å². The van der Waals surface area contributed by atoms with E-state index in [0.29, 0.717) is 11.1 Å². The summed E-state index contributed by atoms with van der Waals surface area (Å²) in [4.78, 5) is 36.7. The lowest BCUT2D eigenvalue weighted by atomic mass is 9.68. The molecule has 0 heterocycles. The molecule has 1 aliphatic rings. The number of methoxy groups -OCH3 is 2. The fraction of sp³-hybridized carbons (Fsp3) is 0.353. The zero-order valence-electron chi connectivity index (χ0n) is 13.1. The third kappa shape index (κ3) is 3.11. The Balaban J connectivity index is 2.63. The molecular formula is C17H18O6. The lowest BCUT2D eigenvalue weighted by Gasteiger charge is -2.34. The van der Waals surface area contributed by atoms with Crippen LogP contribution in [0, 0.1) is 11.8 Å². The molecule has 23 heavy (non-hydrogen) atoms. The first-order valence-electron chi connectivity index (χ1n) is 7.07. The number of ether oxygens (including phenoxy) is 2. The molecule has 1 N–H and O–H groups in total. The highest BCUT2D eigenvalue weighted by molar-refractivity contribution is 6.08. The molecule has 0 saturated carbocycles. The van der Waals surface area contributed by atoms with Crippen molar-refractivity contribution in [1.29, 1.82) is 0 Å². The van der Waals surface area contributed by atoms with Crippen LogP contribution in [0.5, 0.6) is 5.75 Å². The number of carbonyl (C=O) groups excluding carboxylic acids is 3. The van der Waals surface area contributed by atoms with E-state index in [4.69, 9.17) is 9.47 Å². The number of allylic oxidation sites excluding steroid dienone is 1. The van der Waals surface area contributed by atoms with Gasteiger partial charge >= 0.3 is 11.9 Å². The second-order valence-electron chi connectivity index (χ2n) is 5.41. The van der Waals surface area contributed by atoms with Gasteiger partial charge in [-0.3, -0.25) is 14.4 Å². The summed E-state index contributed by atoms with van der Waals surface area (Å²) in [7, 11) is 2.44. The summed E-state index contributed by atoms with van der Waals surface area (Å²) in [6.45, 7) is 1.64. The molecule has 3 unspecified atom stereocenters. The van der Waals surface area contributed by atoms with E-state index in [0.717, 1.165) is 0 Å². The molecule has 0 aromatic heterocycles. The van der Waals surface area contributed by atoms with Crippen LogP contribution in [-0.4, -0.2) is 37.0 Å². The number of ketones is 1. The van der Waals surface area contributed by atoms with E-state index in [1.165, 1.54) is 32.4 Å². The van der Waals surface area contributed by atoms with Crippen LogP contribution in [0.2, 0.25) is 0 Å². The van der Waals surface area contributed by atoms with Gasteiger partial charge in [0.15, 0.2) is 5.78 Å². The Morgan fingerprint density at radius 1 is 1.09 bits per heavy atom. The Morgan fingerprint density at radius 3 is 2.26 bits per heavy atom.